The highest BCUT2D eigenvalue weighted by molar-refractivity contribution is 5.96. The van der Waals surface area contributed by atoms with E-state index in [2.05, 4.69) is 0 Å². The van der Waals surface area contributed by atoms with E-state index in [0.717, 1.165) is 4.90 Å². The summed E-state index contributed by atoms with van der Waals surface area (Å²) in [5.74, 6) is -0.470. The van der Waals surface area contributed by atoms with Crippen molar-refractivity contribution in [1.29, 1.82) is 0 Å². The third kappa shape index (κ3) is 4.15. The maximum absolute atomic E-state index is 12.0. The maximum Gasteiger partial charge on any atom is 0.323 e. The molecule has 110 valence electrons. The number of aliphatic carboxylic acids is 1. The van der Waals surface area contributed by atoms with Gasteiger partial charge >= 0.3 is 5.97 Å². The Morgan fingerprint density at radius 2 is 1.95 bits per heavy atom. The van der Waals surface area contributed by atoms with E-state index in [0.29, 0.717) is 17.1 Å². The Morgan fingerprint density at radius 1 is 1.30 bits per heavy atom. The molecule has 0 spiro atoms. The van der Waals surface area contributed by atoms with Crippen molar-refractivity contribution in [2.24, 2.45) is 0 Å². The number of ether oxygens (including phenoxy) is 2. The normalized spacial score (nSPS) is 10.2. The van der Waals surface area contributed by atoms with Gasteiger partial charge in [0.25, 0.3) is 5.91 Å². The lowest BCUT2D eigenvalue weighted by Crippen LogP contribution is -2.31. The Labute approximate surface area is 117 Å². The summed E-state index contributed by atoms with van der Waals surface area (Å²) in [7, 11) is 2.92. The molecule has 1 amide bonds. The highest BCUT2D eigenvalue weighted by Gasteiger charge is 2.17. The summed E-state index contributed by atoms with van der Waals surface area (Å²) < 4.78 is 10.7. The number of hydrogen-bond acceptors (Lipinski definition) is 4. The fourth-order valence-electron chi connectivity index (χ4n) is 1.65. The molecule has 6 heteroatoms. The standard InChI is InChI=1S/C14H19NO5/c1-9(2)20-11-6-5-10(7-12(11)19-4)14(18)15(3)8-13(16)17/h5-7,9H,8H2,1-4H3,(H,16,17). The average molecular weight is 281 g/mol. The molecular formula is C14H19NO5. The van der Waals surface area contributed by atoms with Crippen LogP contribution in [0.2, 0.25) is 0 Å². The number of methoxy groups -OCH3 is 1. The minimum Gasteiger partial charge on any atom is -0.493 e. The fourth-order valence-corrected chi connectivity index (χ4v) is 1.65. The van der Waals surface area contributed by atoms with Gasteiger partial charge in [0.05, 0.1) is 13.2 Å². The van der Waals surface area contributed by atoms with Crippen molar-refractivity contribution in [1.82, 2.24) is 4.90 Å². The smallest absolute Gasteiger partial charge is 0.323 e. The number of hydrogen-bond donors (Lipinski definition) is 1. The second-order valence-corrected chi connectivity index (χ2v) is 4.59. The Kier molecular flexibility index (Phi) is 5.37. The van der Waals surface area contributed by atoms with Gasteiger partial charge in [-0.3, -0.25) is 9.59 Å². The minimum absolute atomic E-state index is 0.0138. The lowest BCUT2D eigenvalue weighted by atomic mass is 10.1. The summed E-state index contributed by atoms with van der Waals surface area (Å²) >= 11 is 0. The van der Waals surface area contributed by atoms with Crippen molar-refractivity contribution >= 4 is 11.9 Å². The summed E-state index contributed by atoms with van der Waals surface area (Å²) in [6.45, 7) is 3.42. The third-order valence-corrected chi connectivity index (χ3v) is 2.49. The van der Waals surface area contributed by atoms with Crippen molar-refractivity contribution in [2.45, 2.75) is 20.0 Å². The van der Waals surface area contributed by atoms with Crippen molar-refractivity contribution < 1.29 is 24.2 Å². The molecule has 0 heterocycles. The van der Waals surface area contributed by atoms with Gasteiger partial charge in [0.2, 0.25) is 0 Å². The first-order valence-electron chi connectivity index (χ1n) is 6.17. The molecule has 1 aromatic rings. The van der Waals surface area contributed by atoms with Crippen LogP contribution in [0.1, 0.15) is 24.2 Å². The van der Waals surface area contributed by atoms with Crippen LogP contribution in [-0.4, -0.2) is 48.7 Å². The Bertz CT molecular complexity index is 498. The lowest BCUT2D eigenvalue weighted by Gasteiger charge is -2.17. The van der Waals surface area contributed by atoms with E-state index in [1.807, 2.05) is 13.8 Å². The summed E-state index contributed by atoms with van der Waals surface area (Å²) in [6.07, 6.45) is -0.0138. The van der Waals surface area contributed by atoms with Crippen LogP contribution in [0.5, 0.6) is 11.5 Å². The van der Waals surface area contributed by atoms with Gasteiger partial charge in [-0.15, -0.1) is 0 Å². The molecule has 0 bridgehead atoms. The van der Waals surface area contributed by atoms with Gasteiger partial charge in [-0.1, -0.05) is 0 Å². The Hall–Kier alpha value is -2.24. The predicted molar refractivity (Wildman–Crippen MR) is 73.4 cm³/mol. The van der Waals surface area contributed by atoms with Gasteiger partial charge in [-0.05, 0) is 32.0 Å². The summed E-state index contributed by atoms with van der Waals surface area (Å²) in [5.41, 5.74) is 0.349. The molecule has 1 N–H and O–H groups in total. The molecule has 0 fully saturated rings. The molecule has 0 saturated carbocycles. The van der Waals surface area contributed by atoms with E-state index in [9.17, 15) is 9.59 Å². The third-order valence-electron chi connectivity index (χ3n) is 2.49. The molecule has 0 radical (unpaired) electrons. The number of likely N-dealkylation sites (N-methyl/N-ethyl adjacent to an activating group) is 1. The zero-order valence-electron chi connectivity index (χ0n) is 12.0. The van der Waals surface area contributed by atoms with Crippen LogP contribution in [0.25, 0.3) is 0 Å². The Morgan fingerprint density at radius 3 is 2.45 bits per heavy atom. The van der Waals surface area contributed by atoms with E-state index in [1.165, 1.54) is 14.2 Å². The Balaban J connectivity index is 2.97. The second kappa shape index (κ2) is 6.79. The molecule has 1 aromatic carbocycles. The average Bonchev–Trinajstić information content (AvgIpc) is 2.36. The maximum atomic E-state index is 12.0. The number of carboxylic acids is 1. The van der Waals surface area contributed by atoms with Crippen LogP contribution in [-0.2, 0) is 4.79 Å². The van der Waals surface area contributed by atoms with Crippen molar-refractivity contribution in [3.8, 4) is 11.5 Å². The number of rotatable bonds is 6. The van der Waals surface area contributed by atoms with E-state index in [-0.39, 0.29) is 18.6 Å². The largest absolute Gasteiger partial charge is 0.493 e. The number of amides is 1. The first-order chi connectivity index (χ1) is 9.35. The molecule has 0 aliphatic rings. The van der Waals surface area contributed by atoms with Gasteiger partial charge in [0.15, 0.2) is 11.5 Å². The molecule has 20 heavy (non-hydrogen) atoms. The summed E-state index contributed by atoms with van der Waals surface area (Å²) in [4.78, 5) is 23.8. The van der Waals surface area contributed by atoms with Gasteiger partial charge in [-0.2, -0.15) is 0 Å². The van der Waals surface area contributed by atoms with Gasteiger partial charge in [-0.25, -0.2) is 0 Å². The quantitative estimate of drug-likeness (QED) is 0.857. The minimum atomic E-state index is -1.06. The topological polar surface area (TPSA) is 76.1 Å². The van der Waals surface area contributed by atoms with E-state index < -0.39 is 5.97 Å². The highest BCUT2D eigenvalue weighted by atomic mass is 16.5. The highest BCUT2D eigenvalue weighted by Crippen LogP contribution is 2.29. The number of carbonyl (C=O) groups excluding carboxylic acids is 1. The van der Waals surface area contributed by atoms with Crippen LogP contribution in [0.15, 0.2) is 18.2 Å². The van der Waals surface area contributed by atoms with Gasteiger partial charge < -0.3 is 19.5 Å². The number of carbonyl (C=O) groups is 2. The van der Waals surface area contributed by atoms with Crippen LogP contribution in [0.4, 0.5) is 0 Å². The molecule has 6 nitrogen and oxygen atoms in total. The first-order valence-corrected chi connectivity index (χ1v) is 6.17. The van der Waals surface area contributed by atoms with Crippen LogP contribution >= 0.6 is 0 Å². The van der Waals surface area contributed by atoms with Crippen molar-refractivity contribution in [3.63, 3.8) is 0 Å². The molecule has 0 aliphatic heterocycles. The molecule has 1 rings (SSSR count). The predicted octanol–water partition coefficient (Wildman–Crippen LogP) is 1.64. The van der Waals surface area contributed by atoms with Crippen LogP contribution in [0.3, 0.4) is 0 Å². The molecular weight excluding hydrogens is 262 g/mol. The van der Waals surface area contributed by atoms with E-state index in [1.54, 1.807) is 18.2 Å². The molecule has 0 saturated heterocycles. The number of nitrogens with zero attached hydrogens (tertiary/aromatic N) is 1. The van der Waals surface area contributed by atoms with Crippen LogP contribution < -0.4 is 9.47 Å². The second-order valence-electron chi connectivity index (χ2n) is 4.59. The van der Waals surface area contributed by atoms with E-state index >= 15 is 0 Å². The van der Waals surface area contributed by atoms with Crippen molar-refractivity contribution in [3.05, 3.63) is 23.8 Å². The van der Waals surface area contributed by atoms with E-state index in [4.69, 9.17) is 14.6 Å². The molecule has 0 unspecified atom stereocenters. The first kappa shape index (κ1) is 15.8. The summed E-state index contributed by atoms with van der Waals surface area (Å²) in [6, 6.07) is 4.76. The molecule has 0 atom stereocenters. The van der Waals surface area contributed by atoms with Crippen molar-refractivity contribution in [2.75, 3.05) is 20.7 Å². The monoisotopic (exact) mass is 281 g/mol. The number of benzene rings is 1. The lowest BCUT2D eigenvalue weighted by molar-refractivity contribution is -0.137. The van der Waals surface area contributed by atoms with Crippen LogP contribution in [0, 0.1) is 0 Å². The SMILES string of the molecule is COc1cc(C(=O)N(C)CC(=O)O)ccc1OC(C)C. The van der Waals surface area contributed by atoms with Gasteiger partial charge in [0.1, 0.15) is 6.54 Å². The zero-order chi connectivity index (χ0) is 15.3. The fraction of sp³-hybridized carbons (Fsp3) is 0.429. The summed E-state index contributed by atoms with van der Waals surface area (Å²) in [5, 5.41) is 8.69. The number of carboxylic acid groups (broad SMARTS) is 1. The molecule has 0 aromatic heterocycles. The van der Waals surface area contributed by atoms with Gasteiger partial charge in [0, 0.05) is 12.6 Å². The zero-order valence-corrected chi connectivity index (χ0v) is 12.0. The molecule has 0 aliphatic carbocycles.